The zero-order valence-corrected chi connectivity index (χ0v) is 16.2. The largest absolute Gasteiger partial charge is 0.377 e. The fraction of sp³-hybridized carbons (Fsp3) is 0.318. The standard InChI is InChI=1S/C22H22N4O2/c1-14-8-15(6-7-23-14)16-10-24-25(11-16)17-4-5-19-20(9-17)26(18-12-28-13-18)21(27)22(19,2)3/h4-11,18H,12-13H2,1-3H3. The summed E-state index contributed by atoms with van der Waals surface area (Å²) >= 11 is 0. The Bertz CT molecular complexity index is 1080. The van der Waals surface area contributed by atoms with Gasteiger partial charge < -0.3 is 9.64 Å². The Labute approximate surface area is 163 Å². The molecule has 2 aromatic heterocycles. The van der Waals surface area contributed by atoms with Gasteiger partial charge >= 0.3 is 0 Å². The van der Waals surface area contributed by atoms with Gasteiger partial charge in [-0.05, 0) is 56.2 Å². The van der Waals surface area contributed by atoms with Gasteiger partial charge in [-0.2, -0.15) is 5.10 Å². The number of aromatic nitrogens is 3. The van der Waals surface area contributed by atoms with Crippen LogP contribution in [0.5, 0.6) is 0 Å². The smallest absolute Gasteiger partial charge is 0.237 e. The highest BCUT2D eigenvalue weighted by molar-refractivity contribution is 6.08. The summed E-state index contributed by atoms with van der Waals surface area (Å²) in [6, 6.07) is 10.3. The first-order chi connectivity index (χ1) is 13.4. The number of aryl methyl sites for hydroxylation is 1. The lowest BCUT2D eigenvalue weighted by Gasteiger charge is -2.35. The van der Waals surface area contributed by atoms with Crippen molar-refractivity contribution in [2.75, 3.05) is 18.1 Å². The summed E-state index contributed by atoms with van der Waals surface area (Å²) in [5.41, 5.74) is 5.54. The summed E-state index contributed by atoms with van der Waals surface area (Å²) in [5.74, 6) is 0.140. The third-order valence-electron chi connectivity index (χ3n) is 5.73. The van der Waals surface area contributed by atoms with Gasteiger partial charge in [0, 0.05) is 23.7 Å². The van der Waals surface area contributed by atoms with Crippen LogP contribution >= 0.6 is 0 Å². The third kappa shape index (κ3) is 2.48. The van der Waals surface area contributed by atoms with Crippen molar-refractivity contribution in [3.63, 3.8) is 0 Å². The van der Waals surface area contributed by atoms with E-state index in [1.165, 1.54) is 0 Å². The molecule has 0 saturated carbocycles. The fourth-order valence-corrected chi connectivity index (χ4v) is 3.99. The van der Waals surface area contributed by atoms with E-state index in [1.807, 2.05) is 67.1 Å². The molecular weight excluding hydrogens is 352 g/mol. The number of ether oxygens (including phenoxy) is 1. The first-order valence-corrected chi connectivity index (χ1v) is 9.49. The predicted octanol–water partition coefficient (Wildman–Crippen LogP) is 3.27. The summed E-state index contributed by atoms with van der Waals surface area (Å²) in [6.07, 6.45) is 5.67. The molecule has 142 valence electrons. The van der Waals surface area contributed by atoms with Crippen LogP contribution < -0.4 is 4.90 Å². The number of rotatable bonds is 3. The molecule has 6 nitrogen and oxygen atoms in total. The van der Waals surface area contributed by atoms with Crippen molar-refractivity contribution in [2.45, 2.75) is 32.2 Å². The Balaban J connectivity index is 1.55. The van der Waals surface area contributed by atoms with Crippen LogP contribution in [0.3, 0.4) is 0 Å². The number of nitrogens with zero attached hydrogens (tertiary/aromatic N) is 4. The lowest BCUT2D eigenvalue weighted by molar-refractivity contribution is -0.124. The average molecular weight is 374 g/mol. The molecule has 0 N–H and O–H groups in total. The lowest BCUT2D eigenvalue weighted by atomic mass is 9.86. The monoisotopic (exact) mass is 374 g/mol. The second-order valence-electron chi connectivity index (χ2n) is 8.05. The van der Waals surface area contributed by atoms with Crippen LogP contribution in [0.25, 0.3) is 16.8 Å². The van der Waals surface area contributed by atoms with E-state index >= 15 is 0 Å². The molecule has 3 aromatic rings. The lowest BCUT2D eigenvalue weighted by Crippen LogP contribution is -2.52. The molecule has 0 unspecified atom stereocenters. The van der Waals surface area contributed by atoms with Crippen molar-refractivity contribution in [3.05, 3.63) is 60.2 Å². The Hall–Kier alpha value is -2.99. The van der Waals surface area contributed by atoms with Gasteiger partial charge in [0.1, 0.15) is 0 Å². The predicted molar refractivity (Wildman–Crippen MR) is 107 cm³/mol. The van der Waals surface area contributed by atoms with Gasteiger partial charge in [0.15, 0.2) is 0 Å². The zero-order chi connectivity index (χ0) is 19.5. The Morgan fingerprint density at radius 1 is 1.14 bits per heavy atom. The van der Waals surface area contributed by atoms with Gasteiger partial charge in [-0.1, -0.05) is 6.07 Å². The number of hydrogen-bond acceptors (Lipinski definition) is 4. The number of hydrogen-bond donors (Lipinski definition) is 0. The second kappa shape index (κ2) is 6.01. The topological polar surface area (TPSA) is 60.2 Å². The molecule has 5 rings (SSSR count). The van der Waals surface area contributed by atoms with E-state index in [-0.39, 0.29) is 11.9 Å². The van der Waals surface area contributed by atoms with Crippen LogP contribution in [0.2, 0.25) is 0 Å². The number of carbonyl (C=O) groups excluding carboxylic acids is 1. The van der Waals surface area contributed by atoms with Gasteiger partial charge in [0.25, 0.3) is 0 Å². The number of carbonyl (C=O) groups is 1. The van der Waals surface area contributed by atoms with Gasteiger partial charge in [0.05, 0.1) is 42.2 Å². The molecule has 0 atom stereocenters. The Morgan fingerprint density at radius 3 is 2.68 bits per heavy atom. The molecule has 0 bridgehead atoms. The number of amides is 1. The highest BCUT2D eigenvalue weighted by Gasteiger charge is 2.48. The zero-order valence-electron chi connectivity index (χ0n) is 16.2. The van der Waals surface area contributed by atoms with E-state index in [1.54, 1.807) is 0 Å². The van der Waals surface area contributed by atoms with E-state index in [4.69, 9.17) is 4.74 Å². The minimum atomic E-state index is -0.521. The van der Waals surface area contributed by atoms with Gasteiger partial charge in [-0.3, -0.25) is 9.78 Å². The highest BCUT2D eigenvalue weighted by atomic mass is 16.5. The average Bonchev–Trinajstić information content (AvgIpc) is 3.19. The molecule has 1 aromatic carbocycles. The number of pyridine rings is 1. The van der Waals surface area contributed by atoms with Crippen molar-refractivity contribution >= 4 is 11.6 Å². The molecule has 0 spiro atoms. The maximum absolute atomic E-state index is 13.0. The molecule has 1 fully saturated rings. The van der Waals surface area contributed by atoms with Crippen LogP contribution in [-0.2, 0) is 14.9 Å². The minimum Gasteiger partial charge on any atom is -0.377 e. The normalized spacial score (nSPS) is 18.2. The molecule has 2 aliphatic heterocycles. The number of fused-ring (bicyclic) bond motifs is 1. The molecule has 1 amide bonds. The highest BCUT2D eigenvalue weighted by Crippen LogP contribution is 2.44. The van der Waals surface area contributed by atoms with Crippen LogP contribution in [0.1, 0.15) is 25.1 Å². The summed E-state index contributed by atoms with van der Waals surface area (Å²) in [6.45, 7) is 7.15. The maximum atomic E-state index is 13.0. The summed E-state index contributed by atoms with van der Waals surface area (Å²) in [7, 11) is 0. The molecule has 0 radical (unpaired) electrons. The molecule has 4 heterocycles. The molecular formula is C22H22N4O2. The molecule has 6 heteroatoms. The van der Waals surface area contributed by atoms with Gasteiger partial charge in [-0.25, -0.2) is 4.68 Å². The van der Waals surface area contributed by atoms with Crippen LogP contribution in [0.15, 0.2) is 48.9 Å². The van der Waals surface area contributed by atoms with E-state index in [2.05, 4.69) is 22.2 Å². The molecule has 1 saturated heterocycles. The van der Waals surface area contributed by atoms with Gasteiger partial charge in [0.2, 0.25) is 5.91 Å². The SMILES string of the molecule is Cc1cc(-c2cnn(-c3ccc4c(c3)N(C3COC3)C(=O)C4(C)C)c2)ccn1. The van der Waals surface area contributed by atoms with E-state index in [9.17, 15) is 4.79 Å². The Morgan fingerprint density at radius 2 is 1.96 bits per heavy atom. The summed E-state index contributed by atoms with van der Waals surface area (Å²) < 4.78 is 7.20. The molecule has 0 aliphatic carbocycles. The van der Waals surface area contributed by atoms with Crippen LogP contribution in [-0.4, -0.2) is 39.9 Å². The quantitative estimate of drug-likeness (QED) is 0.706. The summed E-state index contributed by atoms with van der Waals surface area (Å²) in [5, 5.41) is 4.55. The molecule has 28 heavy (non-hydrogen) atoms. The first-order valence-electron chi connectivity index (χ1n) is 9.49. The maximum Gasteiger partial charge on any atom is 0.237 e. The minimum absolute atomic E-state index is 0.122. The second-order valence-corrected chi connectivity index (χ2v) is 8.05. The van der Waals surface area contributed by atoms with E-state index in [0.29, 0.717) is 13.2 Å². The van der Waals surface area contributed by atoms with Crippen LogP contribution in [0, 0.1) is 6.92 Å². The number of benzene rings is 1. The first kappa shape index (κ1) is 17.1. The van der Waals surface area contributed by atoms with E-state index < -0.39 is 5.41 Å². The summed E-state index contributed by atoms with van der Waals surface area (Å²) in [4.78, 5) is 19.2. The van der Waals surface area contributed by atoms with Crippen LogP contribution in [0.4, 0.5) is 5.69 Å². The van der Waals surface area contributed by atoms with Crippen molar-refractivity contribution in [2.24, 2.45) is 0 Å². The van der Waals surface area contributed by atoms with Gasteiger partial charge in [-0.15, -0.1) is 0 Å². The number of anilines is 1. The third-order valence-corrected chi connectivity index (χ3v) is 5.73. The van der Waals surface area contributed by atoms with E-state index in [0.717, 1.165) is 33.8 Å². The fourth-order valence-electron chi connectivity index (χ4n) is 3.99. The van der Waals surface area contributed by atoms with Crippen molar-refractivity contribution in [1.29, 1.82) is 0 Å². The van der Waals surface area contributed by atoms with Crippen molar-refractivity contribution in [3.8, 4) is 16.8 Å². The molecule has 2 aliphatic rings. The Kier molecular flexibility index (Phi) is 3.67. The van der Waals surface area contributed by atoms with Crippen molar-refractivity contribution < 1.29 is 9.53 Å². The van der Waals surface area contributed by atoms with Crippen molar-refractivity contribution in [1.82, 2.24) is 14.8 Å².